The number of nitrogens with one attached hydrogen (secondary N) is 1. The molecule has 0 aliphatic carbocycles. The van der Waals surface area contributed by atoms with Gasteiger partial charge in [0, 0.05) is 18.0 Å². The second kappa shape index (κ2) is 6.64. The number of aryl methyl sites for hydroxylation is 2. The molecule has 1 aliphatic rings. The van der Waals surface area contributed by atoms with Crippen molar-refractivity contribution in [3.63, 3.8) is 0 Å². The highest BCUT2D eigenvalue weighted by Crippen LogP contribution is 2.27. The molecular formula is C16H27N3O2S. The smallest absolute Gasteiger partial charge is 0.236 e. The Kier molecular flexibility index (Phi) is 5.25. The monoisotopic (exact) mass is 325 g/mol. The average Bonchev–Trinajstić information content (AvgIpc) is 2.76. The van der Waals surface area contributed by atoms with Gasteiger partial charge in [-0.3, -0.25) is 10.1 Å². The van der Waals surface area contributed by atoms with Crippen LogP contribution in [0.4, 0.5) is 0 Å². The summed E-state index contributed by atoms with van der Waals surface area (Å²) in [7, 11) is 0. The third-order valence-corrected chi connectivity index (χ3v) is 5.41. The van der Waals surface area contributed by atoms with Gasteiger partial charge >= 0.3 is 0 Å². The Morgan fingerprint density at radius 2 is 1.95 bits per heavy atom. The number of carbonyl (C=O) groups is 1. The topological polar surface area (TPSA) is 54.5 Å². The highest BCUT2D eigenvalue weighted by molar-refractivity contribution is 7.11. The molecule has 1 fully saturated rings. The molecule has 5 nitrogen and oxygen atoms in total. The van der Waals surface area contributed by atoms with Crippen LogP contribution >= 0.6 is 11.3 Å². The molecule has 2 rings (SSSR count). The zero-order valence-corrected chi connectivity index (χ0v) is 15.2. The van der Waals surface area contributed by atoms with E-state index in [2.05, 4.69) is 31.1 Å². The van der Waals surface area contributed by atoms with Crippen LogP contribution in [-0.2, 0) is 15.1 Å². The van der Waals surface area contributed by atoms with Crippen LogP contribution in [0.15, 0.2) is 0 Å². The van der Waals surface area contributed by atoms with Crippen LogP contribution in [0.1, 0.15) is 43.3 Å². The summed E-state index contributed by atoms with van der Waals surface area (Å²) in [6.45, 7) is 13.9. The molecule has 0 radical (unpaired) electrons. The molecule has 2 atom stereocenters. The highest BCUT2D eigenvalue weighted by Gasteiger charge is 2.29. The van der Waals surface area contributed by atoms with E-state index in [4.69, 9.17) is 4.74 Å². The van der Waals surface area contributed by atoms with E-state index in [0.717, 1.165) is 10.7 Å². The van der Waals surface area contributed by atoms with Gasteiger partial charge in [-0.25, -0.2) is 4.98 Å². The number of morpholine rings is 1. The molecule has 0 bridgehead atoms. The number of aromatic nitrogens is 1. The van der Waals surface area contributed by atoms with Gasteiger partial charge in [-0.1, -0.05) is 0 Å². The minimum absolute atomic E-state index is 0.102. The molecule has 0 unspecified atom stereocenters. The van der Waals surface area contributed by atoms with Crippen molar-refractivity contribution in [3.8, 4) is 0 Å². The minimum Gasteiger partial charge on any atom is -0.372 e. The van der Waals surface area contributed by atoms with Gasteiger partial charge in [-0.05, 0) is 41.5 Å². The lowest BCUT2D eigenvalue weighted by Crippen LogP contribution is -2.52. The molecule has 6 heteroatoms. The number of rotatable bonds is 4. The van der Waals surface area contributed by atoms with Crippen molar-refractivity contribution in [2.24, 2.45) is 0 Å². The summed E-state index contributed by atoms with van der Waals surface area (Å²) in [5.74, 6) is 0.125. The lowest BCUT2D eigenvalue weighted by Gasteiger charge is -2.36. The van der Waals surface area contributed by atoms with Gasteiger partial charge in [-0.2, -0.15) is 0 Å². The van der Waals surface area contributed by atoms with E-state index < -0.39 is 0 Å². The van der Waals surface area contributed by atoms with Crippen molar-refractivity contribution in [1.82, 2.24) is 15.2 Å². The first kappa shape index (κ1) is 17.4. The maximum atomic E-state index is 12.4. The van der Waals surface area contributed by atoms with E-state index in [9.17, 15) is 4.79 Å². The van der Waals surface area contributed by atoms with Crippen LogP contribution in [0.2, 0.25) is 0 Å². The Bertz CT molecular complexity index is 512. The zero-order chi connectivity index (χ0) is 16.5. The number of ether oxygens (including phenoxy) is 1. The molecule has 0 saturated carbocycles. The Hall–Kier alpha value is -0.980. The second-order valence-electron chi connectivity index (χ2n) is 6.70. The predicted molar refractivity (Wildman–Crippen MR) is 89.2 cm³/mol. The predicted octanol–water partition coefficient (Wildman–Crippen LogP) is 2.22. The van der Waals surface area contributed by atoms with Crippen LogP contribution in [0.25, 0.3) is 0 Å². The number of hydrogen-bond donors (Lipinski definition) is 1. The van der Waals surface area contributed by atoms with Crippen LogP contribution in [0.3, 0.4) is 0 Å². The van der Waals surface area contributed by atoms with E-state index in [-0.39, 0.29) is 23.7 Å². The molecule has 0 aromatic carbocycles. The normalized spacial score (nSPS) is 22.9. The van der Waals surface area contributed by atoms with Crippen molar-refractivity contribution >= 4 is 17.2 Å². The van der Waals surface area contributed by atoms with E-state index >= 15 is 0 Å². The molecule has 0 spiro atoms. The van der Waals surface area contributed by atoms with E-state index in [0.29, 0.717) is 19.6 Å². The standard InChI is InChI=1S/C16H27N3O2S/c1-10-8-19(9-11(2)21-10)14(20)7-17-16(5,6)15-18-12(3)13(4)22-15/h10-11,17H,7-9H2,1-6H3/t10-,11-/m1/s1. The molecule has 1 amide bonds. The maximum absolute atomic E-state index is 12.4. The molecule has 1 aromatic rings. The first-order valence-corrected chi connectivity index (χ1v) is 8.63. The van der Waals surface area contributed by atoms with Crippen molar-refractivity contribution in [1.29, 1.82) is 0 Å². The van der Waals surface area contributed by atoms with Crippen molar-refractivity contribution in [2.45, 2.75) is 59.3 Å². The van der Waals surface area contributed by atoms with Crippen LogP contribution in [0.5, 0.6) is 0 Å². The van der Waals surface area contributed by atoms with Gasteiger partial charge in [0.05, 0.1) is 30.0 Å². The lowest BCUT2D eigenvalue weighted by atomic mass is 10.1. The summed E-state index contributed by atoms with van der Waals surface area (Å²) in [4.78, 5) is 20.2. The van der Waals surface area contributed by atoms with Gasteiger partial charge in [-0.15, -0.1) is 11.3 Å². The van der Waals surface area contributed by atoms with Gasteiger partial charge < -0.3 is 9.64 Å². The van der Waals surface area contributed by atoms with Crippen LogP contribution < -0.4 is 5.32 Å². The lowest BCUT2D eigenvalue weighted by molar-refractivity contribution is -0.142. The first-order chi connectivity index (χ1) is 10.2. The number of thiazole rings is 1. The summed E-state index contributed by atoms with van der Waals surface area (Å²) < 4.78 is 5.67. The molecule has 2 heterocycles. The van der Waals surface area contributed by atoms with Crippen molar-refractivity contribution < 1.29 is 9.53 Å². The van der Waals surface area contributed by atoms with Gasteiger partial charge in [0.25, 0.3) is 0 Å². The number of nitrogens with zero attached hydrogens (tertiary/aromatic N) is 2. The fourth-order valence-electron chi connectivity index (χ4n) is 2.61. The maximum Gasteiger partial charge on any atom is 0.236 e. The third kappa shape index (κ3) is 4.06. The molecule has 124 valence electrons. The second-order valence-corrected chi connectivity index (χ2v) is 7.90. The molecule has 1 saturated heterocycles. The fraction of sp³-hybridized carbons (Fsp3) is 0.750. The van der Waals surface area contributed by atoms with Crippen molar-refractivity contribution in [2.75, 3.05) is 19.6 Å². The SMILES string of the molecule is Cc1nc(C(C)(C)NCC(=O)N2C[C@@H](C)O[C@H](C)C2)sc1C. The van der Waals surface area contributed by atoms with Crippen LogP contribution in [0, 0.1) is 13.8 Å². The number of carbonyl (C=O) groups excluding carboxylic acids is 1. The molecule has 1 aromatic heterocycles. The Morgan fingerprint density at radius 3 is 2.45 bits per heavy atom. The van der Waals surface area contributed by atoms with Crippen LogP contribution in [-0.4, -0.2) is 47.6 Å². The van der Waals surface area contributed by atoms with E-state index in [1.807, 2.05) is 25.7 Å². The quantitative estimate of drug-likeness (QED) is 0.922. The van der Waals surface area contributed by atoms with Gasteiger partial charge in [0.2, 0.25) is 5.91 Å². The minimum atomic E-state index is -0.303. The summed E-state index contributed by atoms with van der Waals surface area (Å²) in [5.41, 5.74) is 0.764. The first-order valence-electron chi connectivity index (χ1n) is 7.82. The van der Waals surface area contributed by atoms with E-state index in [1.165, 1.54) is 4.88 Å². The number of amides is 1. The molecule has 1 aliphatic heterocycles. The molecular weight excluding hydrogens is 298 g/mol. The summed E-state index contributed by atoms with van der Waals surface area (Å²) in [6, 6.07) is 0. The Labute approximate surface area is 137 Å². The van der Waals surface area contributed by atoms with Crippen molar-refractivity contribution in [3.05, 3.63) is 15.6 Å². The van der Waals surface area contributed by atoms with Gasteiger partial charge in [0.1, 0.15) is 5.01 Å². The summed E-state index contributed by atoms with van der Waals surface area (Å²) in [6.07, 6.45) is 0.204. The zero-order valence-electron chi connectivity index (χ0n) is 14.4. The number of hydrogen-bond acceptors (Lipinski definition) is 5. The largest absolute Gasteiger partial charge is 0.372 e. The van der Waals surface area contributed by atoms with Gasteiger partial charge in [0.15, 0.2) is 0 Å². The average molecular weight is 325 g/mol. The summed E-state index contributed by atoms with van der Waals surface area (Å²) in [5, 5.41) is 4.39. The Morgan fingerprint density at radius 1 is 1.36 bits per heavy atom. The molecule has 22 heavy (non-hydrogen) atoms. The van der Waals surface area contributed by atoms with E-state index in [1.54, 1.807) is 11.3 Å². The summed E-state index contributed by atoms with van der Waals surface area (Å²) >= 11 is 1.69. The Balaban J connectivity index is 1.95. The fourth-order valence-corrected chi connectivity index (χ4v) is 3.60. The molecule has 1 N–H and O–H groups in total. The third-order valence-electron chi connectivity index (χ3n) is 4.02. The highest BCUT2D eigenvalue weighted by atomic mass is 32.1.